The Morgan fingerprint density at radius 3 is 2.61 bits per heavy atom. The van der Waals surface area contributed by atoms with Crippen LogP contribution in [0, 0.1) is 0 Å². The maximum absolute atomic E-state index is 6.27. The lowest BCUT2D eigenvalue weighted by Gasteiger charge is -2.37. The van der Waals surface area contributed by atoms with E-state index in [0.29, 0.717) is 10.0 Å². The summed E-state index contributed by atoms with van der Waals surface area (Å²) in [6.07, 6.45) is 0. The molecule has 2 aliphatic heterocycles. The van der Waals surface area contributed by atoms with Crippen LogP contribution in [-0.2, 0) is 0 Å². The van der Waals surface area contributed by atoms with E-state index in [0.717, 1.165) is 43.4 Å². The van der Waals surface area contributed by atoms with Crippen molar-refractivity contribution < 1.29 is 0 Å². The highest BCUT2D eigenvalue weighted by atomic mass is 35.5. The van der Waals surface area contributed by atoms with Gasteiger partial charge in [0.25, 0.3) is 0 Å². The molecule has 2 heterocycles. The van der Waals surface area contributed by atoms with Gasteiger partial charge in [0.15, 0.2) is 0 Å². The third-order valence-electron chi connectivity index (χ3n) is 3.15. The maximum atomic E-state index is 6.27. The van der Waals surface area contributed by atoms with Gasteiger partial charge in [-0.15, -0.1) is 0 Å². The summed E-state index contributed by atoms with van der Waals surface area (Å²) in [4.78, 5) is 8.82. The third-order valence-corrected chi connectivity index (χ3v) is 3.76. The van der Waals surface area contributed by atoms with Crippen LogP contribution in [0.1, 0.15) is 0 Å². The third kappa shape index (κ3) is 1.88. The zero-order valence-electron chi connectivity index (χ0n) is 9.87. The fourth-order valence-electron chi connectivity index (χ4n) is 2.42. The van der Waals surface area contributed by atoms with Gasteiger partial charge in [-0.3, -0.25) is 4.99 Å². The van der Waals surface area contributed by atoms with Crippen molar-refractivity contribution in [2.75, 3.05) is 31.1 Å². The average molecular weight is 282 g/mol. The van der Waals surface area contributed by atoms with Crippen molar-refractivity contribution in [2.45, 2.75) is 0 Å². The summed E-state index contributed by atoms with van der Waals surface area (Å²) >= 11 is 12.5. The van der Waals surface area contributed by atoms with E-state index in [1.54, 1.807) is 0 Å². The van der Waals surface area contributed by atoms with Crippen LogP contribution in [0.5, 0.6) is 0 Å². The van der Waals surface area contributed by atoms with Crippen molar-refractivity contribution in [3.63, 3.8) is 0 Å². The van der Waals surface area contributed by atoms with Crippen LogP contribution in [0.4, 0.5) is 5.69 Å². The molecule has 0 atom stereocenters. The largest absolute Gasteiger partial charge is 0.337 e. The van der Waals surface area contributed by atoms with Gasteiger partial charge in [0.05, 0.1) is 22.3 Å². The van der Waals surface area contributed by atoms with Crippen molar-refractivity contribution in [2.24, 2.45) is 4.99 Å². The number of halogens is 2. The molecule has 0 aliphatic carbocycles. The summed E-state index contributed by atoms with van der Waals surface area (Å²) in [6, 6.07) is 5.54. The van der Waals surface area contributed by atoms with Gasteiger partial charge >= 0.3 is 0 Å². The second-order valence-electron chi connectivity index (χ2n) is 4.51. The molecule has 1 aromatic carbocycles. The van der Waals surface area contributed by atoms with Gasteiger partial charge in [-0.2, -0.15) is 0 Å². The maximum Gasteiger partial charge on any atom is 0.201 e. The molecular weight excluding hydrogens is 269 g/mol. The zero-order valence-corrected chi connectivity index (χ0v) is 11.4. The molecule has 1 fully saturated rings. The minimum atomic E-state index is 0.645. The van der Waals surface area contributed by atoms with Crippen molar-refractivity contribution in [3.8, 4) is 0 Å². The molecular formula is C13H13Cl2N3. The van der Waals surface area contributed by atoms with Crippen LogP contribution >= 0.6 is 23.2 Å². The number of hydrogen-bond donors (Lipinski definition) is 0. The van der Waals surface area contributed by atoms with Crippen LogP contribution < -0.4 is 4.90 Å². The van der Waals surface area contributed by atoms with Crippen molar-refractivity contribution in [1.29, 1.82) is 0 Å². The Morgan fingerprint density at radius 1 is 1.17 bits per heavy atom. The van der Waals surface area contributed by atoms with Crippen molar-refractivity contribution in [1.82, 2.24) is 4.90 Å². The Labute approximate surface area is 116 Å². The van der Waals surface area contributed by atoms with Gasteiger partial charge in [0.1, 0.15) is 0 Å². The van der Waals surface area contributed by atoms with Gasteiger partial charge in [-0.25, -0.2) is 0 Å². The molecule has 0 amide bonds. The average Bonchev–Trinajstić information content (AvgIpc) is 2.76. The van der Waals surface area contributed by atoms with E-state index < -0.39 is 0 Å². The quantitative estimate of drug-likeness (QED) is 0.737. The standard InChI is InChI=1S/C13H13Cl2N3/c1-9-7-17-6-5-16-13(17)18(8-9)12-10(14)3-2-4-11(12)15/h2-4H,1,5-8H2. The van der Waals surface area contributed by atoms with Gasteiger partial charge in [-0.1, -0.05) is 35.8 Å². The van der Waals surface area contributed by atoms with E-state index in [9.17, 15) is 0 Å². The molecule has 3 rings (SSSR count). The number of hydrogen-bond acceptors (Lipinski definition) is 3. The molecule has 94 valence electrons. The number of benzene rings is 1. The molecule has 1 aromatic rings. The Kier molecular flexibility index (Phi) is 2.96. The number of rotatable bonds is 1. The first-order valence-corrected chi connectivity index (χ1v) is 6.60. The van der Waals surface area contributed by atoms with E-state index in [-0.39, 0.29) is 0 Å². The van der Waals surface area contributed by atoms with Gasteiger partial charge in [-0.05, 0) is 17.7 Å². The molecule has 0 unspecified atom stereocenters. The first kappa shape index (κ1) is 11.9. The lowest BCUT2D eigenvalue weighted by atomic mass is 10.2. The van der Waals surface area contributed by atoms with Crippen LogP contribution in [-0.4, -0.2) is 37.0 Å². The molecule has 18 heavy (non-hydrogen) atoms. The predicted molar refractivity (Wildman–Crippen MR) is 76.8 cm³/mol. The summed E-state index contributed by atoms with van der Waals surface area (Å²) < 4.78 is 0. The van der Waals surface area contributed by atoms with Gasteiger partial charge in [0, 0.05) is 19.6 Å². The number of para-hydroxylation sites is 1. The summed E-state index contributed by atoms with van der Waals surface area (Å²) in [5.74, 6) is 0.956. The van der Waals surface area contributed by atoms with Crippen LogP contribution in [0.3, 0.4) is 0 Å². The van der Waals surface area contributed by atoms with Crippen LogP contribution in [0.2, 0.25) is 10.0 Å². The number of aliphatic imine (C=N–C) groups is 1. The molecule has 1 saturated heterocycles. The number of guanidine groups is 1. The molecule has 0 saturated carbocycles. The molecule has 0 radical (unpaired) electrons. The smallest absolute Gasteiger partial charge is 0.201 e. The zero-order chi connectivity index (χ0) is 12.7. The molecule has 2 aliphatic rings. The Bertz CT molecular complexity index is 519. The molecule has 5 heteroatoms. The van der Waals surface area contributed by atoms with Crippen molar-refractivity contribution in [3.05, 3.63) is 40.4 Å². The highest BCUT2D eigenvalue weighted by Gasteiger charge is 2.31. The van der Waals surface area contributed by atoms with Crippen LogP contribution in [0.15, 0.2) is 35.3 Å². The summed E-state index contributed by atoms with van der Waals surface area (Å²) in [6.45, 7) is 7.44. The second-order valence-corrected chi connectivity index (χ2v) is 5.32. The minimum absolute atomic E-state index is 0.645. The summed E-state index contributed by atoms with van der Waals surface area (Å²) in [7, 11) is 0. The molecule has 0 aromatic heterocycles. The second kappa shape index (κ2) is 4.48. The predicted octanol–water partition coefficient (Wildman–Crippen LogP) is 3.04. The highest BCUT2D eigenvalue weighted by Crippen LogP contribution is 2.36. The van der Waals surface area contributed by atoms with E-state index >= 15 is 0 Å². The minimum Gasteiger partial charge on any atom is -0.337 e. The SMILES string of the molecule is C=C1CN2CCN=C2N(c2c(Cl)cccc2Cl)C1. The Balaban J connectivity index is 2.07. The van der Waals surface area contributed by atoms with Gasteiger partial charge in [0.2, 0.25) is 5.96 Å². The first-order chi connectivity index (χ1) is 8.66. The fourth-order valence-corrected chi connectivity index (χ4v) is 3.02. The normalized spacial score (nSPS) is 19.0. The monoisotopic (exact) mass is 281 g/mol. The van der Waals surface area contributed by atoms with E-state index in [1.807, 2.05) is 18.2 Å². The Hall–Kier alpha value is -1.19. The lowest BCUT2D eigenvalue weighted by molar-refractivity contribution is 0.467. The molecule has 0 N–H and O–H groups in total. The van der Waals surface area contributed by atoms with Crippen LogP contribution in [0.25, 0.3) is 0 Å². The lowest BCUT2D eigenvalue weighted by Crippen LogP contribution is -2.49. The molecule has 0 bridgehead atoms. The molecule has 3 nitrogen and oxygen atoms in total. The summed E-state index contributed by atoms with van der Waals surface area (Å²) in [5, 5.41) is 1.29. The van der Waals surface area contributed by atoms with Crippen molar-refractivity contribution >= 4 is 34.8 Å². The van der Waals surface area contributed by atoms with E-state index in [4.69, 9.17) is 23.2 Å². The topological polar surface area (TPSA) is 18.8 Å². The summed E-state index contributed by atoms with van der Waals surface area (Å²) in [5.41, 5.74) is 1.97. The Morgan fingerprint density at radius 2 is 1.89 bits per heavy atom. The van der Waals surface area contributed by atoms with E-state index in [2.05, 4.69) is 21.4 Å². The first-order valence-electron chi connectivity index (χ1n) is 5.84. The van der Waals surface area contributed by atoms with E-state index in [1.165, 1.54) is 0 Å². The fraction of sp³-hybridized carbons (Fsp3) is 0.308. The molecule has 0 spiro atoms. The number of fused-ring (bicyclic) bond motifs is 1. The number of anilines is 1. The number of nitrogens with zero attached hydrogens (tertiary/aromatic N) is 3. The highest BCUT2D eigenvalue weighted by molar-refractivity contribution is 6.40. The van der Waals surface area contributed by atoms with Gasteiger partial charge < -0.3 is 9.80 Å².